The molecule has 3 aromatic carbocycles. The molecule has 0 fully saturated rings. The van der Waals surface area contributed by atoms with E-state index in [9.17, 15) is 9.59 Å². The minimum atomic E-state index is -0.269. The topological polar surface area (TPSA) is 76.7 Å². The number of carbonyl (C=O) groups is 2. The Balaban J connectivity index is 1.45. The molecule has 0 bridgehead atoms. The lowest BCUT2D eigenvalue weighted by molar-refractivity contribution is -0.115. The molecule has 0 spiro atoms. The molecule has 7 heteroatoms. The highest BCUT2D eigenvalue weighted by Gasteiger charge is 2.19. The summed E-state index contributed by atoms with van der Waals surface area (Å²) in [5, 5.41) is 6.22. The van der Waals surface area contributed by atoms with E-state index in [2.05, 4.69) is 10.6 Å². The van der Waals surface area contributed by atoms with Gasteiger partial charge in [-0.15, -0.1) is 0 Å². The van der Waals surface area contributed by atoms with E-state index in [-0.39, 0.29) is 24.3 Å². The maximum Gasteiger partial charge on any atom is 0.253 e. The predicted molar refractivity (Wildman–Crippen MR) is 124 cm³/mol. The molecule has 0 radical (unpaired) electrons. The Labute approximate surface area is 191 Å². The van der Waals surface area contributed by atoms with Gasteiger partial charge in [-0.2, -0.15) is 0 Å². The van der Waals surface area contributed by atoms with Gasteiger partial charge >= 0.3 is 0 Å². The van der Waals surface area contributed by atoms with E-state index in [1.807, 2.05) is 37.3 Å². The van der Waals surface area contributed by atoms with E-state index in [1.165, 1.54) is 0 Å². The highest BCUT2D eigenvalue weighted by molar-refractivity contribution is 6.32. The maximum atomic E-state index is 12.9. The van der Waals surface area contributed by atoms with Gasteiger partial charge in [-0.3, -0.25) is 9.59 Å². The van der Waals surface area contributed by atoms with E-state index in [4.69, 9.17) is 21.1 Å². The first-order valence-electron chi connectivity index (χ1n) is 10.3. The van der Waals surface area contributed by atoms with Crippen LogP contribution in [-0.2, 0) is 11.2 Å². The molecule has 164 valence electrons. The van der Waals surface area contributed by atoms with Crippen LogP contribution in [0.4, 0.5) is 5.69 Å². The number of anilines is 1. The number of halogens is 1. The van der Waals surface area contributed by atoms with Crippen LogP contribution >= 0.6 is 11.6 Å². The molecule has 0 saturated heterocycles. The number of para-hydroxylation sites is 1. The highest BCUT2D eigenvalue weighted by atomic mass is 35.5. The Bertz CT molecular complexity index is 1130. The number of nitrogens with one attached hydrogen (secondary N) is 2. The fourth-order valence-corrected chi connectivity index (χ4v) is 3.82. The average molecular weight is 451 g/mol. The van der Waals surface area contributed by atoms with Crippen LogP contribution in [0.5, 0.6) is 11.5 Å². The molecule has 4 rings (SSSR count). The number of hydrogen-bond acceptors (Lipinski definition) is 4. The lowest BCUT2D eigenvalue weighted by atomic mass is 10.1. The highest BCUT2D eigenvalue weighted by Crippen LogP contribution is 2.38. The summed E-state index contributed by atoms with van der Waals surface area (Å²) in [6.07, 6.45) is 0.0761. The van der Waals surface area contributed by atoms with Gasteiger partial charge in [0.25, 0.3) is 5.91 Å². The normalized spacial score (nSPS) is 13.2. The SMILES string of the molecule is CC(NC(=O)c1ccccc1NC(=O)Cc1cc(Cl)c2c(c1)OCCO2)c1ccccc1. The van der Waals surface area contributed by atoms with E-state index in [0.717, 1.165) is 5.56 Å². The van der Waals surface area contributed by atoms with E-state index in [0.29, 0.717) is 46.5 Å². The van der Waals surface area contributed by atoms with Crippen molar-refractivity contribution in [2.45, 2.75) is 19.4 Å². The zero-order valence-corrected chi connectivity index (χ0v) is 18.3. The van der Waals surface area contributed by atoms with Crippen molar-refractivity contribution in [3.63, 3.8) is 0 Å². The van der Waals surface area contributed by atoms with Gasteiger partial charge in [-0.25, -0.2) is 0 Å². The van der Waals surface area contributed by atoms with E-state index >= 15 is 0 Å². The van der Waals surface area contributed by atoms with Crippen molar-refractivity contribution in [1.82, 2.24) is 5.32 Å². The molecular formula is C25H23ClN2O4. The van der Waals surface area contributed by atoms with Gasteiger partial charge in [-0.1, -0.05) is 54.1 Å². The fraction of sp³-hybridized carbons (Fsp3) is 0.200. The first kappa shape index (κ1) is 21.7. The van der Waals surface area contributed by atoms with Gasteiger partial charge in [0.1, 0.15) is 13.2 Å². The van der Waals surface area contributed by atoms with Crippen molar-refractivity contribution in [2.24, 2.45) is 0 Å². The Morgan fingerprint density at radius 1 is 1.00 bits per heavy atom. The van der Waals surface area contributed by atoms with Crippen LogP contribution < -0.4 is 20.1 Å². The third-order valence-electron chi connectivity index (χ3n) is 5.11. The second kappa shape index (κ2) is 9.75. The van der Waals surface area contributed by atoms with E-state index in [1.54, 1.807) is 36.4 Å². The summed E-state index contributed by atoms with van der Waals surface area (Å²) in [4.78, 5) is 25.6. The van der Waals surface area contributed by atoms with Crippen LogP contribution in [0.3, 0.4) is 0 Å². The number of amides is 2. The number of carbonyl (C=O) groups excluding carboxylic acids is 2. The number of hydrogen-bond donors (Lipinski definition) is 2. The van der Waals surface area contributed by atoms with Crippen molar-refractivity contribution < 1.29 is 19.1 Å². The largest absolute Gasteiger partial charge is 0.486 e. The monoisotopic (exact) mass is 450 g/mol. The van der Waals surface area contributed by atoms with Crippen molar-refractivity contribution in [3.8, 4) is 11.5 Å². The standard InChI is InChI=1S/C25H23ClN2O4/c1-16(18-7-3-2-4-8-18)27-25(30)19-9-5-6-10-21(19)28-23(29)15-17-13-20(26)24-22(14-17)31-11-12-32-24/h2-10,13-14,16H,11-12,15H2,1H3,(H,27,30)(H,28,29). The zero-order chi connectivity index (χ0) is 22.5. The van der Waals surface area contributed by atoms with Gasteiger partial charge in [-0.05, 0) is 42.3 Å². The average Bonchev–Trinajstić information content (AvgIpc) is 2.80. The van der Waals surface area contributed by atoms with Crippen molar-refractivity contribution in [3.05, 3.63) is 88.4 Å². The van der Waals surface area contributed by atoms with Gasteiger partial charge in [0.2, 0.25) is 5.91 Å². The molecule has 1 aliphatic heterocycles. The van der Waals surface area contributed by atoms with Crippen LogP contribution in [0.25, 0.3) is 0 Å². The molecule has 0 aliphatic carbocycles. The molecule has 1 unspecified atom stereocenters. The lowest BCUT2D eigenvalue weighted by Gasteiger charge is -2.20. The van der Waals surface area contributed by atoms with Crippen molar-refractivity contribution in [1.29, 1.82) is 0 Å². The van der Waals surface area contributed by atoms with E-state index < -0.39 is 0 Å². The van der Waals surface area contributed by atoms with Crippen LogP contribution in [0.15, 0.2) is 66.7 Å². The summed E-state index contributed by atoms with van der Waals surface area (Å²) in [6, 6.07) is 19.9. The van der Waals surface area contributed by atoms with Gasteiger partial charge in [0.15, 0.2) is 11.5 Å². The Kier molecular flexibility index (Phi) is 6.61. The Morgan fingerprint density at radius 3 is 2.53 bits per heavy atom. The molecule has 2 N–H and O–H groups in total. The quantitative estimate of drug-likeness (QED) is 0.566. The molecule has 1 heterocycles. The van der Waals surface area contributed by atoms with Gasteiger partial charge in [0.05, 0.1) is 28.7 Å². The third kappa shape index (κ3) is 5.03. The molecule has 3 aromatic rings. The summed E-state index contributed by atoms with van der Waals surface area (Å²) in [7, 11) is 0. The minimum absolute atomic E-state index is 0.0761. The number of fused-ring (bicyclic) bond motifs is 1. The number of rotatable bonds is 6. The summed E-state index contributed by atoms with van der Waals surface area (Å²) >= 11 is 6.27. The molecule has 32 heavy (non-hydrogen) atoms. The second-order valence-electron chi connectivity index (χ2n) is 7.48. The molecule has 0 aromatic heterocycles. The first-order chi connectivity index (χ1) is 15.5. The first-order valence-corrected chi connectivity index (χ1v) is 10.7. The third-order valence-corrected chi connectivity index (χ3v) is 5.39. The smallest absolute Gasteiger partial charge is 0.253 e. The molecular weight excluding hydrogens is 428 g/mol. The fourth-order valence-electron chi connectivity index (χ4n) is 3.54. The van der Waals surface area contributed by atoms with Crippen LogP contribution in [0.1, 0.15) is 34.5 Å². The Hall–Kier alpha value is -3.51. The van der Waals surface area contributed by atoms with Gasteiger partial charge in [0, 0.05) is 0 Å². The van der Waals surface area contributed by atoms with Crippen LogP contribution in [0, 0.1) is 0 Å². The summed E-state index contributed by atoms with van der Waals surface area (Å²) < 4.78 is 11.1. The lowest BCUT2D eigenvalue weighted by Crippen LogP contribution is -2.28. The number of benzene rings is 3. The summed E-state index contributed by atoms with van der Waals surface area (Å²) in [5.74, 6) is 0.492. The van der Waals surface area contributed by atoms with Crippen LogP contribution in [-0.4, -0.2) is 25.0 Å². The van der Waals surface area contributed by atoms with Crippen LogP contribution in [0.2, 0.25) is 5.02 Å². The van der Waals surface area contributed by atoms with Crippen molar-refractivity contribution >= 4 is 29.1 Å². The summed E-state index contributed by atoms with van der Waals surface area (Å²) in [6.45, 7) is 2.79. The predicted octanol–water partition coefficient (Wildman–Crippen LogP) is 4.78. The molecule has 6 nitrogen and oxygen atoms in total. The molecule has 2 amide bonds. The van der Waals surface area contributed by atoms with Gasteiger partial charge < -0.3 is 20.1 Å². The number of ether oxygens (including phenoxy) is 2. The summed E-state index contributed by atoms with van der Waals surface area (Å²) in [5.41, 5.74) is 2.52. The molecule has 1 atom stereocenters. The minimum Gasteiger partial charge on any atom is -0.486 e. The molecule has 1 aliphatic rings. The zero-order valence-electron chi connectivity index (χ0n) is 17.6. The second-order valence-corrected chi connectivity index (χ2v) is 7.89. The van der Waals surface area contributed by atoms with Crippen molar-refractivity contribution in [2.75, 3.05) is 18.5 Å². The maximum absolute atomic E-state index is 12.9. The Morgan fingerprint density at radius 2 is 1.72 bits per heavy atom. The molecule has 0 saturated carbocycles.